The van der Waals surface area contributed by atoms with Crippen molar-refractivity contribution in [2.45, 2.75) is 19.5 Å². The van der Waals surface area contributed by atoms with Crippen molar-refractivity contribution in [3.63, 3.8) is 0 Å². The molecule has 180 valence electrons. The number of hydrogen-bond donors (Lipinski definition) is 1. The lowest BCUT2D eigenvalue weighted by molar-refractivity contribution is -0.140. The van der Waals surface area contributed by atoms with Gasteiger partial charge >= 0.3 is 0 Å². The first-order valence-corrected chi connectivity index (χ1v) is 10.9. The Hall–Kier alpha value is -4.33. The summed E-state index contributed by atoms with van der Waals surface area (Å²) in [5, 5.41) is 11.4. The first-order valence-electron chi connectivity index (χ1n) is 10.9. The molecule has 0 bridgehead atoms. The number of rotatable bonds is 7. The van der Waals surface area contributed by atoms with Gasteiger partial charge in [-0.25, -0.2) is 0 Å². The number of nitrogens with zero attached hydrogens (tertiary/aromatic N) is 2. The van der Waals surface area contributed by atoms with Crippen LogP contribution >= 0.6 is 0 Å². The van der Waals surface area contributed by atoms with Gasteiger partial charge in [-0.3, -0.25) is 14.6 Å². The second-order valence-electron chi connectivity index (χ2n) is 8.05. The fourth-order valence-electron chi connectivity index (χ4n) is 4.36. The van der Waals surface area contributed by atoms with E-state index in [9.17, 15) is 14.7 Å². The van der Waals surface area contributed by atoms with Crippen LogP contribution in [0.25, 0.3) is 5.76 Å². The molecule has 35 heavy (non-hydrogen) atoms. The zero-order valence-corrected chi connectivity index (χ0v) is 19.9. The largest absolute Gasteiger partial charge is 0.507 e. The van der Waals surface area contributed by atoms with Crippen LogP contribution in [-0.2, 0) is 16.1 Å². The van der Waals surface area contributed by atoms with Crippen LogP contribution in [0.15, 0.2) is 66.5 Å². The maximum absolute atomic E-state index is 13.4. The molecule has 1 fully saturated rings. The zero-order valence-electron chi connectivity index (χ0n) is 19.9. The molecule has 0 spiro atoms. The lowest BCUT2D eigenvalue weighted by Crippen LogP contribution is -2.29. The lowest BCUT2D eigenvalue weighted by atomic mass is 9.93. The molecule has 0 aliphatic carbocycles. The van der Waals surface area contributed by atoms with E-state index in [2.05, 4.69) is 4.98 Å². The number of aliphatic hydroxyl groups is 1. The van der Waals surface area contributed by atoms with Gasteiger partial charge in [-0.15, -0.1) is 0 Å². The van der Waals surface area contributed by atoms with E-state index >= 15 is 0 Å². The number of aliphatic hydroxyl groups excluding tert-OH is 1. The zero-order chi connectivity index (χ0) is 25.1. The third-order valence-electron chi connectivity index (χ3n) is 6.03. The predicted octanol–water partition coefficient (Wildman–Crippen LogP) is 4.04. The van der Waals surface area contributed by atoms with E-state index in [-0.39, 0.29) is 17.9 Å². The van der Waals surface area contributed by atoms with Crippen LogP contribution in [0.3, 0.4) is 0 Å². The van der Waals surface area contributed by atoms with Crippen LogP contribution in [0.5, 0.6) is 17.2 Å². The van der Waals surface area contributed by atoms with Gasteiger partial charge in [0.15, 0.2) is 11.5 Å². The van der Waals surface area contributed by atoms with Crippen molar-refractivity contribution in [1.82, 2.24) is 9.88 Å². The predicted molar refractivity (Wildman–Crippen MR) is 129 cm³/mol. The van der Waals surface area contributed by atoms with Crippen molar-refractivity contribution in [1.29, 1.82) is 0 Å². The second kappa shape index (κ2) is 9.89. The average molecular weight is 475 g/mol. The van der Waals surface area contributed by atoms with Gasteiger partial charge in [0.1, 0.15) is 11.5 Å². The Morgan fingerprint density at radius 1 is 1.03 bits per heavy atom. The molecule has 1 N–H and O–H groups in total. The molecule has 1 aliphatic rings. The van der Waals surface area contributed by atoms with E-state index in [4.69, 9.17) is 14.2 Å². The van der Waals surface area contributed by atoms with Crippen LogP contribution in [0, 0.1) is 6.92 Å². The van der Waals surface area contributed by atoms with Crippen LogP contribution in [0.2, 0.25) is 0 Å². The molecule has 8 nitrogen and oxygen atoms in total. The first-order chi connectivity index (χ1) is 16.9. The standard InChI is InChI=1S/C27H26N2O6/c1-16-13-18(33-2)10-11-19(16)24(30)22-23(20-8-5-9-21(34-3)26(20)35-4)29(27(32)25(22)31)15-17-7-6-12-28-14-17/h5-14,23,30H,15H2,1-4H3/t23-/m0/s1. The van der Waals surface area contributed by atoms with Crippen molar-refractivity contribution in [2.75, 3.05) is 21.3 Å². The number of benzene rings is 2. The number of ketones is 1. The van der Waals surface area contributed by atoms with Crippen molar-refractivity contribution >= 4 is 17.4 Å². The number of carbonyl (C=O) groups is 2. The monoisotopic (exact) mass is 474 g/mol. The molecular weight excluding hydrogens is 448 g/mol. The van der Waals surface area contributed by atoms with Crippen LogP contribution in [0.1, 0.15) is 28.3 Å². The van der Waals surface area contributed by atoms with Crippen molar-refractivity contribution < 1.29 is 28.9 Å². The summed E-state index contributed by atoms with van der Waals surface area (Å²) in [6, 6.07) is 13.0. The van der Waals surface area contributed by atoms with E-state index in [1.54, 1.807) is 68.9 Å². The van der Waals surface area contributed by atoms with E-state index in [1.165, 1.54) is 19.1 Å². The molecule has 8 heteroatoms. The third kappa shape index (κ3) is 4.30. The van der Waals surface area contributed by atoms with Crippen molar-refractivity contribution in [3.8, 4) is 17.2 Å². The summed E-state index contributed by atoms with van der Waals surface area (Å²) in [5.74, 6) is -0.352. The fraction of sp³-hybridized carbons (Fsp3) is 0.222. The van der Waals surface area contributed by atoms with Gasteiger partial charge in [0.05, 0.1) is 32.9 Å². The summed E-state index contributed by atoms with van der Waals surface area (Å²) in [6.07, 6.45) is 3.26. The number of para-hydroxylation sites is 1. The molecule has 1 aromatic heterocycles. The molecule has 3 aromatic rings. The number of aromatic nitrogens is 1. The maximum Gasteiger partial charge on any atom is 0.295 e. The Balaban J connectivity index is 1.95. The summed E-state index contributed by atoms with van der Waals surface area (Å²) in [7, 11) is 4.55. The quantitative estimate of drug-likeness (QED) is 0.314. The smallest absolute Gasteiger partial charge is 0.295 e. The number of hydrogen-bond acceptors (Lipinski definition) is 7. The van der Waals surface area contributed by atoms with Crippen LogP contribution < -0.4 is 14.2 Å². The molecule has 1 atom stereocenters. The summed E-state index contributed by atoms with van der Waals surface area (Å²) < 4.78 is 16.3. The Bertz CT molecular complexity index is 1300. The third-order valence-corrected chi connectivity index (χ3v) is 6.03. The van der Waals surface area contributed by atoms with Crippen molar-refractivity contribution in [3.05, 3.63) is 88.8 Å². The van der Waals surface area contributed by atoms with E-state index < -0.39 is 17.7 Å². The number of amides is 1. The SMILES string of the molecule is COc1ccc(C(O)=C2C(=O)C(=O)N(Cc3cccnc3)[C@H]2c2cccc(OC)c2OC)c(C)c1. The Labute approximate surface area is 203 Å². The van der Waals surface area contributed by atoms with Gasteiger partial charge in [-0.05, 0) is 48.4 Å². The molecular formula is C27H26N2O6. The number of Topliss-reactive ketones (excluding diaryl/α,β-unsaturated/α-hetero) is 1. The minimum atomic E-state index is -0.915. The van der Waals surface area contributed by atoms with Gasteiger partial charge in [-0.2, -0.15) is 0 Å². The molecule has 2 heterocycles. The summed E-state index contributed by atoms with van der Waals surface area (Å²) in [4.78, 5) is 32.2. The van der Waals surface area contributed by atoms with Gasteiger partial charge < -0.3 is 24.2 Å². The van der Waals surface area contributed by atoms with Gasteiger partial charge in [-0.1, -0.05) is 18.2 Å². The number of carbonyl (C=O) groups excluding carboxylic acids is 2. The molecule has 4 rings (SSSR count). The summed E-state index contributed by atoms with van der Waals surface area (Å²) in [5.41, 5.74) is 2.34. The number of ether oxygens (including phenoxy) is 3. The lowest BCUT2D eigenvalue weighted by Gasteiger charge is -2.27. The first kappa shape index (κ1) is 23.8. The van der Waals surface area contributed by atoms with E-state index in [0.717, 1.165) is 5.56 Å². The highest BCUT2D eigenvalue weighted by atomic mass is 16.5. The van der Waals surface area contributed by atoms with Gasteiger partial charge in [0.2, 0.25) is 0 Å². The maximum atomic E-state index is 13.4. The molecule has 0 unspecified atom stereocenters. The molecule has 1 saturated heterocycles. The highest BCUT2D eigenvalue weighted by Crippen LogP contribution is 2.46. The van der Waals surface area contributed by atoms with Gasteiger partial charge in [0, 0.05) is 30.1 Å². The topological polar surface area (TPSA) is 98.2 Å². The number of pyridine rings is 1. The summed E-state index contributed by atoms with van der Waals surface area (Å²) in [6.45, 7) is 1.91. The molecule has 1 amide bonds. The molecule has 0 saturated carbocycles. The van der Waals surface area contributed by atoms with Crippen molar-refractivity contribution in [2.24, 2.45) is 0 Å². The van der Waals surface area contributed by atoms with E-state index in [1.807, 2.05) is 6.07 Å². The number of likely N-dealkylation sites (tertiary alicyclic amines) is 1. The molecule has 1 aliphatic heterocycles. The van der Waals surface area contributed by atoms with Crippen LogP contribution in [-0.4, -0.2) is 48.0 Å². The average Bonchev–Trinajstić information content (AvgIpc) is 3.13. The molecule has 0 radical (unpaired) electrons. The molecule has 2 aromatic carbocycles. The minimum Gasteiger partial charge on any atom is -0.507 e. The minimum absolute atomic E-state index is 0.0290. The van der Waals surface area contributed by atoms with Crippen LogP contribution in [0.4, 0.5) is 0 Å². The Morgan fingerprint density at radius 2 is 1.83 bits per heavy atom. The Kier molecular flexibility index (Phi) is 6.73. The fourth-order valence-corrected chi connectivity index (χ4v) is 4.36. The summed E-state index contributed by atoms with van der Waals surface area (Å²) >= 11 is 0. The highest BCUT2D eigenvalue weighted by molar-refractivity contribution is 6.46. The van der Waals surface area contributed by atoms with E-state index in [0.29, 0.717) is 33.9 Å². The number of aryl methyl sites for hydroxylation is 1. The Morgan fingerprint density at radius 3 is 2.46 bits per heavy atom. The highest BCUT2D eigenvalue weighted by Gasteiger charge is 2.47. The second-order valence-corrected chi connectivity index (χ2v) is 8.05. The number of methoxy groups -OCH3 is 3. The van der Waals surface area contributed by atoms with Gasteiger partial charge in [0.25, 0.3) is 11.7 Å². The normalized spacial score (nSPS) is 16.9.